The van der Waals surface area contributed by atoms with Gasteiger partial charge in [0.1, 0.15) is 13.2 Å². The van der Waals surface area contributed by atoms with Crippen molar-refractivity contribution in [3.8, 4) is 23.0 Å². The number of aromatic nitrogens is 2. The van der Waals surface area contributed by atoms with Gasteiger partial charge in [-0.05, 0) is 83.1 Å². The molecule has 7 nitrogen and oxygen atoms in total. The smallest absolute Gasteiger partial charge is 0.162 e. The monoisotopic (exact) mass is 575 g/mol. The number of hydrogen-bond acceptors (Lipinski definition) is 6. The van der Waals surface area contributed by atoms with Crippen LogP contribution in [0.25, 0.3) is 17.0 Å². The van der Waals surface area contributed by atoms with Gasteiger partial charge in [0.2, 0.25) is 0 Å². The lowest BCUT2D eigenvalue weighted by atomic mass is 9.92. The third kappa shape index (κ3) is 6.22. The topological polar surface area (TPSA) is 66.8 Å². The van der Waals surface area contributed by atoms with Crippen LogP contribution in [0.4, 0.5) is 0 Å². The van der Waals surface area contributed by atoms with E-state index in [-0.39, 0.29) is 6.04 Å². The fraction of sp³-hybridized carbons (Fsp3) is 0.250. The van der Waals surface area contributed by atoms with Crippen molar-refractivity contribution in [3.63, 3.8) is 0 Å². The first-order valence-corrected chi connectivity index (χ1v) is 14.5. The molecule has 1 aliphatic rings. The highest BCUT2D eigenvalue weighted by Gasteiger charge is 2.21. The third-order valence-electron chi connectivity index (χ3n) is 7.98. The maximum atomic E-state index is 6.28. The van der Waals surface area contributed by atoms with Gasteiger partial charge in [0.15, 0.2) is 23.0 Å². The lowest BCUT2D eigenvalue weighted by Crippen LogP contribution is -2.28. The Bertz CT molecular complexity index is 1760. The molecule has 1 aromatic heterocycles. The van der Waals surface area contributed by atoms with Gasteiger partial charge in [-0.25, -0.2) is 0 Å². The average Bonchev–Trinajstić information content (AvgIpc) is 3.41. The normalized spacial score (nSPS) is 14.6. The van der Waals surface area contributed by atoms with Crippen molar-refractivity contribution >= 4 is 17.0 Å². The number of nitrogens with one attached hydrogen (secondary N) is 1. The van der Waals surface area contributed by atoms with E-state index in [9.17, 15) is 0 Å². The van der Waals surface area contributed by atoms with E-state index >= 15 is 0 Å². The molecule has 7 heteroatoms. The van der Waals surface area contributed by atoms with Gasteiger partial charge >= 0.3 is 0 Å². The van der Waals surface area contributed by atoms with E-state index in [2.05, 4.69) is 78.0 Å². The standard InChI is InChI=1S/C36H37N3O4/c1-24-16-33(40-3)35(43-23-26-10-13-32-29(17-26)21-38-39(32)2)18-27(24)11-12-31-30-20-34(41-4)36(19-28(30)14-15-37-31)42-22-25-8-6-5-7-9-25/h5-13,16-21,31,37H,14-15,22-23H2,1-4H3/b12-11+. The molecule has 5 aromatic rings. The first-order valence-electron chi connectivity index (χ1n) is 14.5. The summed E-state index contributed by atoms with van der Waals surface area (Å²) in [4.78, 5) is 0. The fourth-order valence-corrected chi connectivity index (χ4v) is 5.57. The minimum Gasteiger partial charge on any atom is -0.493 e. The van der Waals surface area contributed by atoms with Crippen molar-refractivity contribution in [3.05, 3.63) is 118 Å². The predicted molar refractivity (Wildman–Crippen MR) is 170 cm³/mol. The summed E-state index contributed by atoms with van der Waals surface area (Å²) in [6, 6.07) is 24.8. The van der Waals surface area contributed by atoms with E-state index in [1.807, 2.05) is 42.2 Å². The van der Waals surface area contributed by atoms with Gasteiger partial charge in [0.05, 0.1) is 32.0 Å². The number of aryl methyl sites for hydroxylation is 2. The first kappa shape index (κ1) is 28.4. The van der Waals surface area contributed by atoms with Crippen LogP contribution in [-0.2, 0) is 26.7 Å². The summed E-state index contributed by atoms with van der Waals surface area (Å²) in [5.74, 6) is 2.92. The molecule has 0 saturated carbocycles. The summed E-state index contributed by atoms with van der Waals surface area (Å²) in [6.45, 7) is 3.89. The number of benzene rings is 4. The highest BCUT2D eigenvalue weighted by atomic mass is 16.5. The van der Waals surface area contributed by atoms with E-state index < -0.39 is 0 Å². The van der Waals surface area contributed by atoms with Crippen molar-refractivity contribution in [1.82, 2.24) is 15.1 Å². The Labute approximate surface area is 252 Å². The largest absolute Gasteiger partial charge is 0.493 e. The Morgan fingerprint density at radius 3 is 2.40 bits per heavy atom. The number of fused-ring (bicyclic) bond motifs is 2. The van der Waals surface area contributed by atoms with Gasteiger partial charge in [-0.15, -0.1) is 0 Å². The zero-order valence-corrected chi connectivity index (χ0v) is 25.1. The van der Waals surface area contributed by atoms with Crippen LogP contribution in [0.3, 0.4) is 0 Å². The van der Waals surface area contributed by atoms with E-state index in [1.165, 1.54) is 11.1 Å². The van der Waals surface area contributed by atoms with E-state index in [0.29, 0.717) is 24.7 Å². The van der Waals surface area contributed by atoms with Gasteiger partial charge in [0, 0.05) is 19.0 Å². The van der Waals surface area contributed by atoms with E-state index in [1.54, 1.807) is 14.2 Å². The van der Waals surface area contributed by atoms with Crippen molar-refractivity contribution in [2.45, 2.75) is 32.6 Å². The summed E-state index contributed by atoms with van der Waals surface area (Å²) in [5.41, 5.74) is 7.92. The predicted octanol–water partition coefficient (Wildman–Crippen LogP) is 6.96. The second-order valence-corrected chi connectivity index (χ2v) is 10.8. The molecule has 4 aromatic carbocycles. The molecule has 0 fully saturated rings. The summed E-state index contributed by atoms with van der Waals surface area (Å²) in [7, 11) is 5.31. The van der Waals surface area contributed by atoms with Gasteiger partial charge in [0.25, 0.3) is 0 Å². The summed E-state index contributed by atoms with van der Waals surface area (Å²) >= 11 is 0. The molecule has 0 bridgehead atoms. The second-order valence-electron chi connectivity index (χ2n) is 10.8. The molecule has 0 amide bonds. The summed E-state index contributed by atoms with van der Waals surface area (Å²) in [6.07, 6.45) is 7.16. The number of rotatable bonds is 10. The molecule has 0 saturated heterocycles. The molecule has 6 rings (SSSR count). The maximum Gasteiger partial charge on any atom is 0.162 e. The average molecular weight is 576 g/mol. The highest BCUT2D eigenvalue weighted by molar-refractivity contribution is 5.79. The number of ether oxygens (including phenoxy) is 4. The molecular weight excluding hydrogens is 538 g/mol. The van der Waals surface area contributed by atoms with Crippen LogP contribution in [0, 0.1) is 6.92 Å². The van der Waals surface area contributed by atoms with Crippen molar-refractivity contribution in [1.29, 1.82) is 0 Å². The van der Waals surface area contributed by atoms with E-state index in [0.717, 1.165) is 57.6 Å². The van der Waals surface area contributed by atoms with Crippen LogP contribution >= 0.6 is 0 Å². The van der Waals surface area contributed by atoms with Gasteiger partial charge in [-0.2, -0.15) is 5.10 Å². The Morgan fingerprint density at radius 1 is 0.860 bits per heavy atom. The molecular formula is C36H37N3O4. The summed E-state index contributed by atoms with van der Waals surface area (Å²) < 4.78 is 25.7. The number of methoxy groups -OCH3 is 2. The third-order valence-corrected chi connectivity index (χ3v) is 7.98. The van der Waals surface area contributed by atoms with Crippen molar-refractivity contribution < 1.29 is 18.9 Å². The van der Waals surface area contributed by atoms with Gasteiger partial charge in [-0.3, -0.25) is 4.68 Å². The Morgan fingerprint density at radius 2 is 1.60 bits per heavy atom. The number of hydrogen-bond donors (Lipinski definition) is 1. The molecule has 1 atom stereocenters. The Hall–Kier alpha value is -4.75. The van der Waals surface area contributed by atoms with Crippen LogP contribution in [0.15, 0.2) is 85.1 Å². The molecule has 1 unspecified atom stereocenters. The maximum absolute atomic E-state index is 6.28. The lowest BCUT2D eigenvalue weighted by molar-refractivity contribution is 0.283. The molecule has 0 radical (unpaired) electrons. The van der Waals surface area contributed by atoms with Crippen molar-refractivity contribution in [2.24, 2.45) is 7.05 Å². The molecule has 0 aliphatic carbocycles. The Balaban J connectivity index is 1.21. The fourth-order valence-electron chi connectivity index (χ4n) is 5.57. The van der Waals surface area contributed by atoms with Crippen LogP contribution < -0.4 is 24.3 Å². The van der Waals surface area contributed by atoms with Crippen LogP contribution in [-0.4, -0.2) is 30.5 Å². The Kier molecular flexibility index (Phi) is 8.34. The zero-order chi connectivity index (χ0) is 29.8. The molecule has 43 heavy (non-hydrogen) atoms. The SMILES string of the molecule is COc1cc(C)c(/C=C/C2NCCc3cc(OCc4ccccc4)c(OC)cc32)cc1OCc1ccc2c(cnn2C)c1. The first-order chi connectivity index (χ1) is 21.0. The molecule has 1 N–H and O–H groups in total. The lowest BCUT2D eigenvalue weighted by Gasteiger charge is -2.26. The van der Waals surface area contributed by atoms with Gasteiger partial charge in [-0.1, -0.05) is 48.6 Å². The summed E-state index contributed by atoms with van der Waals surface area (Å²) in [5, 5.41) is 9.08. The van der Waals surface area contributed by atoms with Crippen LogP contribution in [0.5, 0.6) is 23.0 Å². The minimum absolute atomic E-state index is 0.0397. The van der Waals surface area contributed by atoms with E-state index in [4.69, 9.17) is 18.9 Å². The number of nitrogens with zero attached hydrogens (tertiary/aromatic N) is 2. The molecule has 220 valence electrons. The molecule has 0 spiro atoms. The van der Waals surface area contributed by atoms with Crippen LogP contribution in [0.1, 0.15) is 39.4 Å². The van der Waals surface area contributed by atoms with Gasteiger partial charge < -0.3 is 24.3 Å². The second kappa shape index (κ2) is 12.6. The molecule has 1 aliphatic heterocycles. The zero-order valence-electron chi connectivity index (χ0n) is 25.1. The minimum atomic E-state index is 0.0397. The highest BCUT2D eigenvalue weighted by Crippen LogP contribution is 2.37. The quantitative estimate of drug-likeness (QED) is 0.194. The van der Waals surface area contributed by atoms with Crippen molar-refractivity contribution in [2.75, 3.05) is 20.8 Å². The molecule has 2 heterocycles. The van der Waals surface area contributed by atoms with Crippen LogP contribution in [0.2, 0.25) is 0 Å².